The fourth-order valence-corrected chi connectivity index (χ4v) is 0.534. The van der Waals surface area contributed by atoms with Crippen LogP contribution in [0.25, 0.3) is 0 Å². The van der Waals surface area contributed by atoms with Crippen molar-refractivity contribution in [3.8, 4) is 0 Å². The Balaban J connectivity index is 2.94. The van der Waals surface area contributed by atoms with Crippen LogP contribution in [-0.4, -0.2) is 10.2 Å². The van der Waals surface area contributed by atoms with Gasteiger partial charge in [-0.2, -0.15) is 5.10 Å². The molecule has 0 saturated heterocycles. The molecule has 1 heterocycles. The molecule has 0 atom stereocenters. The topological polar surface area (TPSA) is 63.8 Å². The fourth-order valence-electron chi connectivity index (χ4n) is 0.534. The van der Waals surface area contributed by atoms with Crippen LogP contribution >= 0.6 is 0 Å². The Labute approximate surface area is 53.1 Å². The first-order valence-corrected chi connectivity index (χ1v) is 2.59. The second kappa shape index (κ2) is 2.41. The maximum atomic E-state index is 5.07. The third kappa shape index (κ3) is 1.36. The summed E-state index contributed by atoms with van der Waals surface area (Å²) >= 11 is 0. The molecule has 0 aliphatic carbocycles. The monoisotopic (exact) mass is 124 g/mol. The highest BCUT2D eigenvalue weighted by molar-refractivity contribution is 5.32. The second-order valence-electron chi connectivity index (χ2n) is 1.76. The molecule has 1 rings (SSSR count). The minimum Gasteiger partial charge on any atom is -0.307 e. The summed E-state index contributed by atoms with van der Waals surface area (Å²) in [5, 5.41) is 7.33. The number of nitrogens with two attached hydrogens (primary N) is 1. The summed E-state index contributed by atoms with van der Waals surface area (Å²) in [6.07, 6.45) is 1.67. The number of nitrogens with one attached hydrogen (secondary N) is 1. The van der Waals surface area contributed by atoms with Crippen LogP contribution in [0.15, 0.2) is 12.3 Å². The van der Waals surface area contributed by atoms with E-state index < -0.39 is 0 Å². The smallest absolute Gasteiger partial charge is 0.162 e. The lowest BCUT2D eigenvalue weighted by molar-refractivity contribution is 1.01. The lowest BCUT2D eigenvalue weighted by atomic mass is 10.3. The van der Waals surface area contributed by atoms with Gasteiger partial charge in [0.25, 0.3) is 0 Å². The van der Waals surface area contributed by atoms with E-state index in [-0.39, 0.29) is 0 Å². The summed E-state index contributed by atoms with van der Waals surface area (Å²) in [7, 11) is 0. The average molecular weight is 124 g/mol. The van der Waals surface area contributed by atoms with Crippen molar-refractivity contribution in [3.05, 3.63) is 17.8 Å². The highest BCUT2D eigenvalue weighted by Crippen LogP contribution is 1.99. The van der Waals surface area contributed by atoms with Crippen molar-refractivity contribution in [3.63, 3.8) is 0 Å². The molecule has 0 saturated carbocycles. The molecule has 0 radical (unpaired) electrons. The quantitative estimate of drug-likeness (QED) is 0.411. The number of aromatic nitrogens is 2. The number of rotatable bonds is 1. The molecule has 9 heavy (non-hydrogen) atoms. The fraction of sp³-hybridized carbons (Fsp3) is 0.200. The zero-order valence-corrected chi connectivity index (χ0v) is 5.13. The summed E-state index contributed by atoms with van der Waals surface area (Å²) in [6, 6.07) is 1.81. The molecule has 3 N–H and O–H groups in total. The zero-order chi connectivity index (χ0) is 6.69. The number of aryl methyl sites for hydroxylation is 1. The van der Waals surface area contributed by atoms with Crippen LogP contribution in [0.3, 0.4) is 0 Å². The highest BCUT2D eigenvalue weighted by Gasteiger charge is 1.88. The summed E-state index contributed by atoms with van der Waals surface area (Å²) < 4.78 is 0. The lowest BCUT2D eigenvalue weighted by Crippen LogP contribution is -2.08. The number of nitrogen functional groups attached to an aromatic ring is 1. The number of hydrogen-bond donors (Lipinski definition) is 2. The van der Waals surface area contributed by atoms with Gasteiger partial charge in [-0.15, -0.1) is 5.10 Å². The first-order valence-electron chi connectivity index (χ1n) is 2.59. The van der Waals surface area contributed by atoms with Crippen molar-refractivity contribution in [2.75, 3.05) is 5.43 Å². The first-order chi connectivity index (χ1) is 4.33. The second-order valence-corrected chi connectivity index (χ2v) is 1.76. The van der Waals surface area contributed by atoms with Gasteiger partial charge in [-0.1, -0.05) is 0 Å². The molecule has 0 aliphatic heterocycles. The van der Waals surface area contributed by atoms with Gasteiger partial charge in [0.1, 0.15) is 0 Å². The molecule has 1 aromatic heterocycles. The largest absolute Gasteiger partial charge is 0.307 e. The summed E-state index contributed by atoms with van der Waals surface area (Å²) in [6.45, 7) is 1.93. The number of anilines is 1. The predicted molar refractivity (Wildman–Crippen MR) is 34.6 cm³/mol. The first kappa shape index (κ1) is 5.97. The predicted octanol–water partition coefficient (Wildman–Crippen LogP) is 0.0706. The standard InChI is InChI=1S/C5H8N4/c1-4-2-5(8-6)9-7-3-4/h2-3H,6H2,1H3,(H,8,9). The van der Waals surface area contributed by atoms with Gasteiger partial charge in [-0.3, -0.25) is 0 Å². The van der Waals surface area contributed by atoms with E-state index in [0.29, 0.717) is 5.82 Å². The Morgan fingerprint density at radius 2 is 2.44 bits per heavy atom. The van der Waals surface area contributed by atoms with Crippen LogP contribution in [0.5, 0.6) is 0 Å². The molecule has 0 aliphatic rings. The summed E-state index contributed by atoms with van der Waals surface area (Å²) in [4.78, 5) is 0. The van der Waals surface area contributed by atoms with E-state index >= 15 is 0 Å². The SMILES string of the molecule is Cc1cnnc(NN)c1. The Kier molecular flexibility index (Phi) is 1.60. The third-order valence-corrected chi connectivity index (χ3v) is 0.939. The molecule has 0 aromatic carbocycles. The average Bonchev–Trinajstić information content (AvgIpc) is 1.88. The van der Waals surface area contributed by atoms with Crippen LogP contribution < -0.4 is 11.3 Å². The molecule has 48 valence electrons. The van der Waals surface area contributed by atoms with E-state index in [1.807, 2.05) is 13.0 Å². The maximum absolute atomic E-state index is 5.07. The molecule has 4 nitrogen and oxygen atoms in total. The van der Waals surface area contributed by atoms with E-state index in [2.05, 4.69) is 15.6 Å². The molecule has 0 amide bonds. The Bertz CT molecular complexity index is 198. The Morgan fingerprint density at radius 3 is 2.89 bits per heavy atom. The van der Waals surface area contributed by atoms with Crippen LogP contribution in [-0.2, 0) is 0 Å². The Hall–Kier alpha value is -1.16. The summed E-state index contributed by atoms with van der Waals surface area (Å²) in [5.41, 5.74) is 3.43. The molecule has 4 heteroatoms. The normalized spacial score (nSPS) is 9.11. The van der Waals surface area contributed by atoms with Gasteiger partial charge in [-0.05, 0) is 18.6 Å². The highest BCUT2D eigenvalue weighted by atomic mass is 15.3. The maximum Gasteiger partial charge on any atom is 0.162 e. The van der Waals surface area contributed by atoms with Crippen molar-refractivity contribution in [2.24, 2.45) is 5.84 Å². The molecular weight excluding hydrogens is 116 g/mol. The lowest BCUT2D eigenvalue weighted by Gasteiger charge is -1.95. The van der Waals surface area contributed by atoms with Crippen LogP contribution in [0.2, 0.25) is 0 Å². The third-order valence-electron chi connectivity index (χ3n) is 0.939. The van der Waals surface area contributed by atoms with Gasteiger partial charge >= 0.3 is 0 Å². The van der Waals surface area contributed by atoms with E-state index in [0.717, 1.165) is 5.56 Å². The molecule has 1 aromatic rings. The van der Waals surface area contributed by atoms with Crippen molar-refractivity contribution in [2.45, 2.75) is 6.92 Å². The zero-order valence-electron chi connectivity index (χ0n) is 5.13. The van der Waals surface area contributed by atoms with Crippen molar-refractivity contribution in [1.82, 2.24) is 10.2 Å². The van der Waals surface area contributed by atoms with Gasteiger partial charge in [0, 0.05) is 0 Å². The van der Waals surface area contributed by atoms with Crippen molar-refractivity contribution < 1.29 is 0 Å². The van der Waals surface area contributed by atoms with E-state index in [4.69, 9.17) is 5.84 Å². The van der Waals surface area contributed by atoms with Gasteiger partial charge in [-0.25, -0.2) is 5.84 Å². The van der Waals surface area contributed by atoms with Crippen LogP contribution in [0.4, 0.5) is 5.82 Å². The molecular formula is C5H8N4. The summed E-state index contributed by atoms with van der Waals surface area (Å²) in [5.74, 6) is 5.66. The van der Waals surface area contributed by atoms with E-state index in [1.54, 1.807) is 6.20 Å². The van der Waals surface area contributed by atoms with Gasteiger partial charge in [0.2, 0.25) is 0 Å². The van der Waals surface area contributed by atoms with Gasteiger partial charge in [0.15, 0.2) is 5.82 Å². The van der Waals surface area contributed by atoms with Gasteiger partial charge in [0.05, 0.1) is 6.20 Å². The van der Waals surface area contributed by atoms with E-state index in [9.17, 15) is 0 Å². The molecule has 0 spiro atoms. The molecule has 0 bridgehead atoms. The van der Waals surface area contributed by atoms with Crippen LogP contribution in [0.1, 0.15) is 5.56 Å². The van der Waals surface area contributed by atoms with Gasteiger partial charge < -0.3 is 5.43 Å². The van der Waals surface area contributed by atoms with Crippen molar-refractivity contribution in [1.29, 1.82) is 0 Å². The molecule has 0 fully saturated rings. The van der Waals surface area contributed by atoms with Crippen LogP contribution in [0, 0.1) is 6.92 Å². The minimum absolute atomic E-state index is 0.593. The van der Waals surface area contributed by atoms with Crippen molar-refractivity contribution >= 4 is 5.82 Å². The van der Waals surface area contributed by atoms with E-state index in [1.165, 1.54) is 0 Å². The molecule has 0 unspecified atom stereocenters. The minimum atomic E-state index is 0.593. The Morgan fingerprint density at radius 1 is 1.67 bits per heavy atom. The number of hydrogen-bond acceptors (Lipinski definition) is 4. The number of hydrazine groups is 1. The number of nitrogens with zero attached hydrogens (tertiary/aromatic N) is 2.